The van der Waals surface area contributed by atoms with E-state index in [4.69, 9.17) is 16.3 Å². The number of amides is 1. The van der Waals surface area contributed by atoms with Gasteiger partial charge in [-0.05, 0) is 48.0 Å². The lowest BCUT2D eigenvalue weighted by molar-refractivity contribution is 0.102. The smallest absolute Gasteiger partial charge is 0.257 e. The van der Waals surface area contributed by atoms with Crippen LogP contribution in [0.25, 0.3) is 0 Å². The van der Waals surface area contributed by atoms with E-state index in [-0.39, 0.29) is 5.91 Å². The van der Waals surface area contributed by atoms with Crippen molar-refractivity contribution in [3.63, 3.8) is 0 Å². The standard InChI is InChI=1S/C23H17ClN2O2S/c24-21-9-5-4-6-17(21)14-20-15-25-23(29-20)26-22(27)16-10-12-19(13-11-16)28-18-7-2-1-3-8-18/h1-13,15H,14H2,(H,25,26,27). The van der Waals surface area contributed by atoms with Crippen molar-refractivity contribution in [2.45, 2.75) is 6.42 Å². The van der Waals surface area contributed by atoms with E-state index in [1.807, 2.05) is 54.6 Å². The molecule has 6 heteroatoms. The molecule has 0 unspecified atom stereocenters. The second-order valence-electron chi connectivity index (χ2n) is 6.29. The van der Waals surface area contributed by atoms with E-state index in [9.17, 15) is 4.79 Å². The average molecular weight is 421 g/mol. The molecule has 1 aromatic heterocycles. The SMILES string of the molecule is O=C(Nc1ncc(Cc2ccccc2Cl)s1)c1ccc(Oc2ccccc2)cc1. The molecule has 0 aliphatic carbocycles. The predicted octanol–water partition coefficient (Wildman–Crippen LogP) is 6.43. The van der Waals surface area contributed by atoms with E-state index in [0.29, 0.717) is 22.9 Å². The molecular formula is C23H17ClN2O2S. The molecule has 1 N–H and O–H groups in total. The molecule has 3 aromatic carbocycles. The number of thiazole rings is 1. The molecule has 144 valence electrons. The second-order valence-corrected chi connectivity index (χ2v) is 7.82. The zero-order valence-corrected chi connectivity index (χ0v) is 16.9. The molecule has 0 aliphatic heterocycles. The molecule has 4 aromatic rings. The summed E-state index contributed by atoms with van der Waals surface area (Å²) in [5.74, 6) is 1.21. The monoisotopic (exact) mass is 420 g/mol. The number of nitrogens with zero attached hydrogens (tertiary/aromatic N) is 1. The Morgan fingerprint density at radius 3 is 2.38 bits per heavy atom. The quantitative estimate of drug-likeness (QED) is 0.391. The van der Waals surface area contributed by atoms with Gasteiger partial charge in [0.2, 0.25) is 0 Å². The van der Waals surface area contributed by atoms with Gasteiger partial charge in [0.25, 0.3) is 5.91 Å². The molecule has 0 saturated carbocycles. The first-order valence-corrected chi connectivity index (χ1v) is 10.2. The van der Waals surface area contributed by atoms with Gasteiger partial charge in [-0.1, -0.05) is 48.0 Å². The second kappa shape index (κ2) is 8.90. The van der Waals surface area contributed by atoms with E-state index < -0.39 is 0 Å². The lowest BCUT2D eigenvalue weighted by Crippen LogP contribution is -2.11. The van der Waals surface area contributed by atoms with Crippen molar-refractivity contribution in [1.82, 2.24) is 4.98 Å². The van der Waals surface area contributed by atoms with Crippen LogP contribution >= 0.6 is 22.9 Å². The first-order chi connectivity index (χ1) is 14.2. The van der Waals surface area contributed by atoms with Crippen LogP contribution in [0.3, 0.4) is 0 Å². The zero-order valence-electron chi connectivity index (χ0n) is 15.3. The van der Waals surface area contributed by atoms with Crippen LogP contribution in [0.5, 0.6) is 11.5 Å². The normalized spacial score (nSPS) is 10.5. The average Bonchev–Trinajstić information content (AvgIpc) is 3.18. The number of para-hydroxylation sites is 1. The zero-order chi connectivity index (χ0) is 20.1. The summed E-state index contributed by atoms with van der Waals surface area (Å²) in [7, 11) is 0. The predicted molar refractivity (Wildman–Crippen MR) is 117 cm³/mol. The third-order valence-electron chi connectivity index (χ3n) is 4.19. The molecule has 0 saturated heterocycles. The van der Waals surface area contributed by atoms with Crippen molar-refractivity contribution < 1.29 is 9.53 Å². The first-order valence-electron chi connectivity index (χ1n) is 9.00. The molecule has 1 amide bonds. The van der Waals surface area contributed by atoms with Crippen molar-refractivity contribution in [2.75, 3.05) is 5.32 Å². The van der Waals surface area contributed by atoms with Crippen molar-refractivity contribution >= 4 is 34.0 Å². The molecular weight excluding hydrogens is 404 g/mol. The highest BCUT2D eigenvalue weighted by molar-refractivity contribution is 7.15. The van der Waals surface area contributed by atoms with Gasteiger partial charge in [-0.2, -0.15) is 0 Å². The summed E-state index contributed by atoms with van der Waals surface area (Å²) >= 11 is 7.65. The minimum atomic E-state index is -0.213. The van der Waals surface area contributed by atoms with E-state index in [0.717, 1.165) is 21.2 Å². The lowest BCUT2D eigenvalue weighted by atomic mass is 10.1. The summed E-state index contributed by atoms with van der Waals surface area (Å²) in [5.41, 5.74) is 1.57. The Morgan fingerprint density at radius 2 is 1.62 bits per heavy atom. The molecule has 0 bridgehead atoms. The first kappa shape index (κ1) is 19.2. The summed E-state index contributed by atoms with van der Waals surface area (Å²) in [6.45, 7) is 0. The van der Waals surface area contributed by atoms with Crippen molar-refractivity contribution in [2.24, 2.45) is 0 Å². The third kappa shape index (κ3) is 5.02. The van der Waals surface area contributed by atoms with E-state index in [2.05, 4.69) is 10.3 Å². The largest absolute Gasteiger partial charge is 0.457 e. The van der Waals surface area contributed by atoms with Gasteiger partial charge in [-0.25, -0.2) is 4.98 Å². The molecule has 29 heavy (non-hydrogen) atoms. The highest BCUT2D eigenvalue weighted by Crippen LogP contribution is 2.25. The molecule has 0 fully saturated rings. The molecule has 4 rings (SSSR count). The Kier molecular flexibility index (Phi) is 5.89. The number of carbonyl (C=O) groups excluding carboxylic acids is 1. The van der Waals surface area contributed by atoms with Crippen LogP contribution in [0.4, 0.5) is 5.13 Å². The number of rotatable bonds is 6. The Bertz CT molecular complexity index is 1110. The summed E-state index contributed by atoms with van der Waals surface area (Å²) < 4.78 is 5.75. The van der Waals surface area contributed by atoms with Crippen molar-refractivity contribution in [3.05, 3.63) is 106 Å². The Balaban J connectivity index is 1.38. The molecule has 0 atom stereocenters. The van der Waals surface area contributed by atoms with Gasteiger partial charge in [0.1, 0.15) is 11.5 Å². The Morgan fingerprint density at radius 1 is 0.931 bits per heavy atom. The Labute approximate surface area is 177 Å². The van der Waals surface area contributed by atoms with Gasteiger partial charge in [-0.3, -0.25) is 10.1 Å². The van der Waals surface area contributed by atoms with Crippen LogP contribution in [0.1, 0.15) is 20.8 Å². The number of hydrogen-bond acceptors (Lipinski definition) is 4. The van der Waals surface area contributed by atoms with E-state index in [1.165, 1.54) is 11.3 Å². The maximum Gasteiger partial charge on any atom is 0.257 e. The number of benzene rings is 3. The highest BCUT2D eigenvalue weighted by atomic mass is 35.5. The van der Waals surface area contributed by atoms with Crippen LogP contribution in [0.15, 0.2) is 85.1 Å². The van der Waals surface area contributed by atoms with Gasteiger partial charge in [0.05, 0.1) is 0 Å². The topological polar surface area (TPSA) is 51.2 Å². The molecule has 1 heterocycles. The number of carbonyl (C=O) groups is 1. The number of hydrogen-bond donors (Lipinski definition) is 1. The summed E-state index contributed by atoms with van der Waals surface area (Å²) in [4.78, 5) is 17.8. The lowest BCUT2D eigenvalue weighted by Gasteiger charge is -2.06. The van der Waals surface area contributed by atoms with Crippen LogP contribution in [-0.4, -0.2) is 10.9 Å². The number of ether oxygens (including phenoxy) is 1. The fourth-order valence-electron chi connectivity index (χ4n) is 2.74. The van der Waals surface area contributed by atoms with Gasteiger partial charge >= 0.3 is 0 Å². The maximum atomic E-state index is 12.5. The van der Waals surface area contributed by atoms with Crippen LogP contribution < -0.4 is 10.1 Å². The molecule has 0 radical (unpaired) electrons. The minimum Gasteiger partial charge on any atom is -0.457 e. The van der Waals surface area contributed by atoms with Gasteiger partial charge in [0, 0.05) is 28.1 Å². The molecule has 0 aliphatic rings. The summed E-state index contributed by atoms with van der Waals surface area (Å²) in [6.07, 6.45) is 2.44. The Hall–Kier alpha value is -3.15. The molecule has 4 nitrogen and oxygen atoms in total. The third-order valence-corrected chi connectivity index (χ3v) is 5.47. The number of halogens is 1. The van der Waals surface area contributed by atoms with Gasteiger partial charge in [-0.15, -0.1) is 11.3 Å². The summed E-state index contributed by atoms with van der Waals surface area (Å²) in [5, 5.41) is 4.13. The summed E-state index contributed by atoms with van der Waals surface area (Å²) in [6, 6.07) is 24.2. The number of nitrogens with one attached hydrogen (secondary N) is 1. The van der Waals surface area contributed by atoms with E-state index in [1.54, 1.807) is 30.5 Å². The van der Waals surface area contributed by atoms with Crippen LogP contribution in [0.2, 0.25) is 5.02 Å². The highest BCUT2D eigenvalue weighted by Gasteiger charge is 2.11. The number of aromatic nitrogens is 1. The fourth-order valence-corrected chi connectivity index (χ4v) is 3.78. The fraction of sp³-hybridized carbons (Fsp3) is 0.0435. The molecule has 0 spiro atoms. The van der Waals surface area contributed by atoms with Crippen molar-refractivity contribution in [1.29, 1.82) is 0 Å². The number of anilines is 1. The van der Waals surface area contributed by atoms with Crippen molar-refractivity contribution in [3.8, 4) is 11.5 Å². The minimum absolute atomic E-state index is 0.213. The van der Waals surface area contributed by atoms with Gasteiger partial charge < -0.3 is 4.74 Å². The van der Waals surface area contributed by atoms with Crippen LogP contribution in [-0.2, 0) is 6.42 Å². The maximum absolute atomic E-state index is 12.5. The van der Waals surface area contributed by atoms with E-state index >= 15 is 0 Å². The van der Waals surface area contributed by atoms with Crippen LogP contribution in [0, 0.1) is 0 Å². The van der Waals surface area contributed by atoms with Gasteiger partial charge in [0.15, 0.2) is 5.13 Å².